The second kappa shape index (κ2) is 14.5. The summed E-state index contributed by atoms with van der Waals surface area (Å²) in [4.78, 5) is 0. The van der Waals surface area contributed by atoms with Crippen molar-refractivity contribution < 1.29 is 8.78 Å². The number of nitrogens with zero attached hydrogens (tertiary/aromatic N) is 1. The summed E-state index contributed by atoms with van der Waals surface area (Å²) in [6.45, 7) is 2.24. The van der Waals surface area contributed by atoms with E-state index in [1.807, 2.05) is 18.2 Å². The maximum atomic E-state index is 14.5. The molecule has 0 spiro atoms. The van der Waals surface area contributed by atoms with E-state index in [2.05, 4.69) is 42.7 Å². The molecule has 0 aliphatic rings. The molecule has 1 nitrogen and oxygen atoms in total. The van der Waals surface area contributed by atoms with Gasteiger partial charge in [0.05, 0.1) is 22.8 Å². The van der Waals surface area contributed by atoms with Crippen LogP contribution in [0.1, 0.15) is 91.7 Å². The minimum Gasteiger partial charge on any atom is -0.206 e. The lowest BCUT2D eigenvalue weighted by Gasteiger charge is -2.03. The summed E-state index contributed by atoms with van der Waals surface area (Å²) in [5.74, 6) is 9.88. The first-order valence-corrected chi connectivity index (χ1v) is 12.7. The largest absolute Gasteiger partial charge is 0.206 e. The van der Waals surface area contributed by atoms with Crippen molar-refractivity contribution in [1.82, 2.24) is 0 Å². The van der Waals surface area contributed by atoms with Gasteiger partial charge in [0.25, 0.3) is 0 Å². The average molecular weight is 480 g/mol. The highest BCUT2D eigenvalue weighted by atomic mass is 19.1. The van der Waals surface area contributed by atoms with Crippen LogP contribution in [0.2, 0.25) is 0 Å². The Balaban J connectivity index is 1.55. The standard InChI is InChI=1S/C33H31F2N/c1-2-3-4-5-6-7-8-9-10-26-11-13-27(14-12-26)19-21-30-23-33(35)31(24-32(30)34)22-20-28-15-17-29(25-36)18-16-28/h11-18,23-24H,2-10H2,1H3. The number of hydrogen-bond donors (Lipinski definition) is 0. The zero-order valence-electron chi connectivity index (χ0n) is 20.8. The van der Waals surface area contributed by atoms with E-state index in [-0.39, 0.29) is 11.1 Å². The molecule has 0 aliphatic heterocycles. The van der Waals surface area contributed by atoms with E-state index in [0.29, 0.717) is 11.1 Å². The van der Waals surface area contributed by atoms with Gasteiger partial charge in [-0.05, 0) is 66.9 Å². The molecule has 182 valence electrons. The lowest BCUT2D eigenvalue weighted by atomic mass is 10.0. The summed E-state index contributed by atoms with van der Waals surface area (Å²) in [6, 6.07) is 18.7. The molecular weight excluding hydrogens is 448 g/mol. The van der Waals surface area contributed by atoms with E-state index < -0.39 is 11.6 Å². The summed E-state index contributed by atoms with van der Waals surface area (Å²) >= 11 is 0. The fourth-order valence-corrected chi connectivity index (χ4v) is 3.86. The van der Waals surface area contributed by atoms with Gasteiger partial charge in [0.1, 0.15) is 11.6 Å². The molecule has 0 fully saturated rings. The third-order valence-electron chi connectivity index (χ3n) is 6.03. The zero-order chi connectivity index (χ0) is 25.6. The Kier molecular flexibility index (Phi) is 10.8. The Morgan fingerprint density at radius 3 is 1.53 bits per heavy atom. The molecule has 0 aliphatic carbocycles. The van der Waals surface area contributed by atoms with Crippen LogP contribution >= 0.6 is 0 Å². The molecule has 0 heterocycles. The van der Waals surface area contributed by atoms with Gasteiger partial charge in [0, 0.05) is 11.1 Å². The van der Waals surface area contributed by atoms with Gasteiger partial charge < -0.3 is 0 Å². The summed E-state index contributed by atoms with van der Waals surface area (Å²) in [7, 11) is 0. The lowest BCUT2D eigenvalue weighted by Crippen LogP contribution is -1.92. The van der Waals surface area contributed by atoms with E-state index >= 15 is 0 Å². The molecule has 0 bridgehead atoms. The molecule has 3 rings (SSSR count). The van der Waals surface area contributed by atoms with Crippen molar-refractivity contribution in [2.75, 3.05) is 0 Å². The van der Waals surface area contributed by atoms with Crippen molar-refractivity contribution in [1.29, 1.82) is 5.26 Å². The number of halogens is 2. The molecule has 0 saturated heterocycles. The Labute approximate surface area is 214 Å². The van der Waals surface area contributed by atoms with Crippen molar-refractivity contribution in [2.24, 2.45) is 0 Å². The maximum Gasteiger partial charge on any atom is 0.140 e. The molecular formula is C33H31F2N. The molecule has 0 amide bonds. The van der Waals surface area contributed by atoms with Crippen LogP contribution in [0.25, 0.3) is 0 Å². The molecule has 0 atom stereocenters. The molecule has 0 saturated carbocycles. The predicted molar refractivity (Wildman–Crippen MR) is 142 cm³/mol. The van der Waals surface area contributed by atoms with Crippen molar-refractivity contribution in [3.63, 3.8) is 0 Å². The molecule has 36 heavy (non-hydrogen) atoms. The summed E-state index contributed by atoms with van der Waals surface area (Å²) in [6.07, 6.45) is 11.5. The zero-order valence-corrected chi connectivity index (χ0v) is 20.8. The molecule has 3 aromatic rings. The highest BCUT2D eigenvalue weighted by molar-refractivity contribution is 5.50. The Morgan fingerprint density at radius 2 is 1.03 bits per heavy atom. The van der Waals surface area contributed by atoms with Crippen LogP contribution < -0.4 is 0 Å². The number of rotatable bonds is 9. The number of hydrogen-bond acceptors (Lipinski definition) is 1. The second-order valence-electron chi connectivity index (χ2n) is 8.92. The highest BCUT2D eigenvalue weighted by Crippen LogP contribution is 2.15. The molecule has 0 unspecified atom stereocenters. The van der Waals surface area contributed by atoms with Crippen molar-refractivity contribution in [3.05, 3.63) is 106 Å². The van der Waals surface area contributed by atoms with Gasteiger partial charge in [0.15, 0.2) is 0 Å². The normalized spacial score (nSPS) is 10.1. The third-order valence-corrected chi connectivity index (χ3v) is 6.03. The monoisotopic (exact) mass is 479 g/mol. The Morgan fingerprint density at radius 1 is 0.583 bits per heavy atom. The first-order chi connectivity index (χ1) is 17.6. The number of unbranched alkanes of at least 4 members (excludes halogenated alkanes) is 7. The van der Waals surface area contributed by atoms with Gasteiger partial charge in [-0.1, -0.05) is 87.7 Å². The van der Waals surface area contributed by atoms with Crippen LogP contribution in [-0.4, -0.2) is 0 Å². The minimum atomic E-state index is -0.623. The minimum absolute atomic E-state index is 0.000522. The van der Waals surface area contributed by atoms with Gasteiger partial charge in [0.2, 0.25) is 0 Å². The second-order valence-corrected chi connectivity index (χ2v) is 8.92. The van der Waals surface area contributed by atoms with Crippen LogP contribution in [0.4, 0.5) is 8.78 Å². The average Bonchev–Trinajstić information content (AvgIpc) is 2.90. The molecule has 0 radical (unpaired) electrons. The summed E-state index contributed by atoms with van der Waals surface area (Å²) < 4.78 is 29.0. The van der Waals surface area contributed by atoms with Crippen LogP contribution in [0, 0.1) is 46.6 Å². The SMILES string of the molecule is CCCCCCCCCCc1ccc(C#Cc2cc(F)c(C#Cc3ccc(C#N)cc3)cc2F)cc1. The molecule has 3 aromatic carbocycles. The smallest absolute Gasteiger partial charge is 0.140 e. The molecule has 3 heteroatoms. The maximum absolute atomic E-state index is 14.5. The fourth-order valence-electron chi connectivity index (χ4n) is 3.86. The van der Waals surface area contributed by atoms with E-state index in [0.717, 1.165) is 24.1 Å². The quantitative estimate of drug-likeness (QED) is 0.224. The van der Waals surface area contributed by atoms with Crippen LogP contribution in [0.15, 0.2) is 60.7 Å². The van der Waals surface area contributed by atoms with Gasteiger partial charge in [-0.15, -0.1) is 0 Å². The van der Waals surface area contributed by atoms with E-state index in [1.165, 1.54) is 56.9 Å². The van der Waals surface area contributed by atoms with Gasteiger partial charge >= 0.3 is 0 Å². The number of nitriles is 1. The summed E-state index contributed by atoms with van der Waals surface area (Å²) in [5, 5.41) is 8.84. The fraction of sp³-hybridized carbons (Fsp3) is 0.303. The van der Waals surface area contributed by atoms with Gasteiger partial charge in [-0.25, -0.2) is 8.78 Å². The Bertz CT molecular complexity index is 1290. The third kappa shape index (κ3) is 8.73. The topological polar surface area (TPSA) is 23.8 Å². The highest BCUT2D eigenvalue weighted by Gasteiger charge is 2.07. The van der Waals surface area contributed by atoms with Crippen LogP contribution in [0.5, 0.6) is 0 Å². The molecule has 0 N–H and O–H groups in total. The van der Waals surface area contributed by atoms with Crippen LogP contribution in [-0.2, 0) is 6.42 Å². The van der Waals surface area contributed by atoms with Crippen molar-refractivity contribution in [2.45, 2.75) is 64.7 Å². The predicted octanol–water partition coefficient (Wildman–Crippen LogP) is 8.32. The first kappa shape index (κ1) is 26.7. The van der Waals surface area contributed by atoms with E-state index in [4.69, 9.17) is 5.26 Å². The van der Waals surface area contributed by atoms with E-state index in [9.17, 15) is 8.78 Å². The molecule has 0 aromatic heterocycles. The van der Waals surface area contributed by atoms with Gasteiger partial charge in [-0.2, -0.15) is 5.26 Å². The first-order valence-electron chi connectivity index (χ1n) is 12.7. The summed E-state index contributed by atoms with van der Waals surface area (Å²) in [5.41, 5.74) is 3.13. The lowest BCUT2D eigenvalue weighted by molar-refractivity contribution is 0.575. The van der Waals surface area contributed by atoms with Crippen molar-refractivity contribution in [3.8, 4) is 29.8 Å². The van der Waals surface area contributed by atoms with Gasteiger partial charge in [-0.3, -0.25) is 0 Å². The van der Waals surface area contributed by atoms with Crippen LogP contribution in [0.3, 0.4) is 0 Å². The van der Waals surface area contributed by atoms with Crippen molar-refractivity contribution >= 4 is 0 Å². The number of aryl methyl sites for hydroxylation is 1. The number of benzene rings is 3. The Hall–Kier alpha value is -3.87. The van der Waals surface area contributed by atoms with E-state index in [1.54, 1.807) is 24.3 Å².